The van der Waals surface area contributed by atoms with E-state index in [1.54, 1.807) is 17.0 Å². The zero-order valence-electron chi connectivity index (χ0n) is 14.0. The molecule has 0 saturated carbocycles. The molecule has 0 atom stereocenters. The topological polar surface area (TPSA) is 65.1 Å². The lowest BCUT2D eigenvalue weighted by atomic mass is 10.2. The van der Waals surface area contributed by atoms with Gasteiger partial charge in [-0.3, -0.25) is 4.79 Å². The first-order valence-electron chi connectivity index (χ1n) is 7.24. The van der Waals surface area contributed by atoms with Gasteiger partial charge in [-0.25, -0.2) is 4.79 Å². The van der Waals surface area contributed by atoms with E-state index < -0.39 is 5.97 Å². The highest BCUT2D eigenvalue weighted by atomic mass is 16.5. The van der Waals surface area contributed by atoms with Crippen LogP contribution in [0.15, 0.2) is 30.4 Å². The molecular weight excluding hydrogens is 298 g/mol. The van der Waals surface area contributed by atoms with Gasteiger partial charge in [-0.05, 0) is 32.0 Å². The smallest absolute Gasteiger partial charge is 0.342 e. The zero-order chi connectivity index (χ0) is 17.4. The minimum atomic E-state index is -0.638. The van der Waals surface area contributed by atoms with E-state index in [9.17, 15) is 9.59 Å². The van der Waals surface area contributed by atoms with E-state index in [4.69, 9.17) is 14.2 Å². The molecule has 0 unspecified atom stereocenters. The van der Waals surface area contributed by atoms with E-state index in [0.717, 1.165) is 5.57 Å². The fourth-order valence-electron chi connectivity index (χ4n) is 1.97. The van der Waals surface area contributed by atoms with Crippen molar-refractivity contribution in [2.24, 2.45) is 0 Å². The van der Waals surface area contributed by atoms with Crippen LogP contribution in [0.1, 0.15) is 24.2 Å². The third-order valence-corrected chi connectivity index (χ3v) is 3.15. The molecule has 6 nitrogen and oxygen atoms in total. The lowest BCUT2D eigenvalue weighted by Gasteiger charge is -2.20. The molecule has 1 aromatic rings. The Bertz CT molecular complexity index is 582. The highest BCUT2D eigenvalue weighted by Gasteiger charge is 2.18. The van der Waals surface area contributed by atoms with Crippen molar-refractivity contribution < 1.29 is 23.8 Å². The zero-order valence-corrected chi connectivity index (χ0v) is 14.0. The van der Waals surface area contributed by atoms with Crippen molar-refractivity contribution >= 4 is 11.9 Å². The van der Waals surface area contributed by atoms with Crippen molar-refractivity contribution in [3.05, 3.63) is 35.9 Å². The second kappa shape index (κ2) is 8.82. The first-order valence-corrected chi connectivity index (χ1v) is 7.24. The molecular formula is C17H23NO5. The van der Waals surface area contributed by atoms with Gasteiger partial charge in [-0.1, -0.05) is 12.2 Å². The number of benzene rings is 1. The largest absolute Gasteiger partial charge is 0.497 e. The Morgan fingerprint density at radius 2 is 1.91 bits per heavy atom. The van der Waals surface area contributed by atoms with Crippen LogP contribution in [0.3, 0.4) is 0 Å². The fourth-order valence-corrected chi connectivity index (χ4v) is 1.97. The third kappa shape index (κ3) is 5.32. The Morgan fingerprint density at radius 1 is 1.22 bits per heavy atom. The minimum absolute atomic E-state index is 0.211. The molecule has 1 aromatic carbocycles. The van der Waals surface area contributed by atoms with Gasteiger partial charge in [0.25, 0.3) is 5.91 Å². The summed E-state index contributed by atoms with van der Waals surface area (Å²) >= 11 is 0. The van der Waals surface area contributed by atoms with Gasteiger partial charge >= 0.3 is 5.97 Å². The average Bonchev–Trinajstić information content (AvgIpc) is 2.56. The molecule has 0 aliphatic heterocycles. The van der Waals surface area contributed by atoms with Crippen molar-refractivity contribution in [2.75, 3.05) is 33.9 Å². The molecule has 0 bridgehead atoms. The Kier molecular flexibility index (Phi) is 7.12. The molecule has 0 aliphatic carbocycles. The van der Waals surface area contributed by atoms with Gasteiger partial charge in [-0.15, -0.1) is 0 Å². The summed E-state index contributed by atoms with van der Waals surface area (Å²) in [7, 11) is 2.95. The first kappa shape index (κ1) is 18.5. The van der Waals surface area contributed by atoms with Crippen LogP contribution >= 0.6 is 0 Å². The lowest BCUT2D eigenvalue weighted by molar-refractivity contribution is -0.133. The highest BCUT2D eigenvalue weighted by Crippen LogP contribution is 2.24. The van der Waals surface area contributed by atoms with E-state index in [1.165, 1.54) is 20.3 Å². The lowest BCUT2D eigenvalue weighted by Crippen LogP contribution is -2.35. The molecule has 0 fully saturated rings. The average molecular weight is 321 g/mol. The molecule has 0 N–H and O–H groups in total. The number of carbonyl (C=O) groups excluding carboxylic acids is 2. The molecule has 1 rings (SSSR count). The van der Waals surface area contributed by atoms with Crippen molar-refractivity contribution in [1.82, 2.24) is 4.90 Å². The maximum Gasteiger partial charge on any atom is 0.342 e. The molecule has 0 spiro atoms. The van der Waals surface area contributed by atoms with Gasteiger partial charge in [0, 0.05) is 13.1 Å². The van der Waals surface area contributed by atoms with Gasteiger partial charge < -0.3 is 19.1 Å². The quantitative estimate of drug-likeness (QED) is 0.543. The number of carbonyl (C=O) groups is 2. The molecule has 0 aromatic heterocycles. The fraction of sp³-hybridized carbons (Fsp3) is 0.412. The van der Waals surface area contributed by atoms with E-state index in [1.807, 2.05) is 13.8 Å². The summed E-state index contributed by atoms with van der Waals surface area (Å²) in [4.78, 5) is 25.8. The normalized spacial score (nSPS) is 9.91. The number of methoxy groups -OCH3 is 2. The maximum absolute atomic E-state index is 12.2. The van der Waals surface area contributed by atoms with E-state index in [2.05, 4.69) is 6.58 Å². The molecule has 0 heterocycles. The third-order valence-electron chi connectivity index (χ3n) is 3.15. The number of rotatable bonds is 8. The number of hydrogen-bond acceptors (Lipinski definition) is 5. The van der Waals surface area contributed by atoms with E-state index in [-0.39, 0.29) is 18.1 Å². The van der Waals surface area contributed by atoms with Gasteiger partial charge in [0.15, 0.2) is 6.61 Å². The van der Waals surface area contributed by atoms with E-state index >= 15 is 0 Å². The molecule has 0 radical (unpaired) electrons. The van der Waals surface area contributed by atoms with Gasteiger partial charge in [0.2, 0.25) is 0 Å². The van der Waals surface area contributed by atoms with Crippen LogP contribution in [0.25, 0.3) is 0 Å². The summed E-state index contributed by atoms with van der Waals surface area (Å²) < 4.78 is 15.3. The number of nitrogens with zero attached hydrogens (tertiary/aromatic N) is 1. The number of ether oxygens (including phenoxy) is 3. The van der Waals surface area contributed by atoms with Crippen LogP contribution in [-0.4, -0.2) is 50.7 Å². The predicted octanol–water partition coefficient (Wildman–Crippen LogP) is 2.29. The van der Waals surface area contributed by atoms with Crippen molar-refractivity contribution in [3.8, 4) is 11.5 Å². The van der Waals surface area contributed by atoms with Gasteiger partial charge in [0.1, 0.15) is 17.1 Å². The Hall–Kier alpha value is -2.50. The Labute approximate surface area is 136 Å². The summed E-state index contributed by atoms with van der Waals surface area (Å²) in [6, 6.07) is 4.79. The van der Waals surface area contributed by atoms with Crippen LogP contribution in [0.4, 0.5) is 0 Å². The second-order valence-electron chi connectivity index (χ2n) is 5.01. The number of esters is 1. The molecule has 126 valence electrons. The maximum atomic E-state index is 12.2. The molecule has 0 aliphatic rings. The van der Waals surface area contributed by atoms with Crippen LogP contribution in [0.2, 0.25) is 0 Å². The predicted molar refractivity (Wildman–Crippen MR) is 86.9 cm³/mol. The van der Waals surface area contributed by atoms with Crippen molar-refractivity contribution in [2.45, 2.75) is 13.8 Å². The van der Waals surface area contributed by atoms with Crippen LogP contribution in [0, 0.1) is 0 Å². The monoisotopic (exact) mass is 321 g/mol. The highest BCUT2D eigenvalue weighted by molar-refractivity contribution is 5.94. The number of likely N-dealkylation sites (N-methyl/N-ethyl adjacent to an activating group) is 1. The number of hydrogen-bond donors (Lipinski definition) is 0. The van der Waals surface area contributed by atoms with Crippen molar-refractivity contribution in [1.29, 1.82) is 0 Å². The molecule has 0 saturated heterocycles. The van der Waals surface area contributed by atoms with Crippen LogP contribution < -0.4 is 9.47 Å². The first-order chi connectivity index (χ1) is 10.9. The molecule has 1 amide bonds. The van der Waals surface area contributed by atoms with Crippen LogP contribution in [-0.2, 0) is 9.53 Å². The Morgan fingerprint density at radius 3 is 2.43 bits per heavy atom. The number of amides is 1. The van der Waals surface area contributed by atoms with Crippen molar-refractivity contribution in [3.63, 3.8) is 0 Å². The summed E-state index contributed by atoms with van der Waals surface area (Å²) in [6.45, 7) is 8.10. The summed E-state index contributed by atoms with van der Waals surface area (Å²) in [6.07, 6.45) is 0. The second-order valence-corrected chi connectivity index (χ2v) is 5.01. The van der Waals surface area contributed by atoms with E-state index in [0.29, 0.717) is 24.6 Å². The van der Waals surface area contributed by atoms with Gasteiger partial charge in [-0.2, -0.15) is 0 Å². The standard InChI is InChI=1S/C17H23NO5/c1-6-18(10-12(2)3)16(19)11-23-17(20)14-9-13(21-4)7-8-15(14)22-5/h7-9H,2,6,10-11H2,1,3-5H3. The molecule has 23 heavy (non-hydrogen) atoms. The van der Waals surface area contributed by atoms with Crippen LogP contribution in [0.5, 0.6) is 11.5 Å². The Balaban J connectivity index is 2.76. The summed E-state index contributed by atoms with van der Waals surface area (Å²) in [5, 5.41) is 0. The van der Waals surface area contributed by atoms with Gasteiger partial charge in [0.05, 0.1) is 14.2 Å². The summed E-state index contributed by atoms with van der Waals surface area (Å²) in [5.41, 5.74) is 1.07. The molecule has 6 heteroatoms. The SMILES string of the molecule is C=C(C)CN(CC)C(=O)COC(=O)c1cc(OC)ccc1OC. The minimum Gasteiger partial charge on any atom is -0.497 e. The summed E-state index contributed by atoms with van der Waals surface area (Å²) in [5.74, 6) is -0.0507.